The second kappa shape index (κ2) is 12.0. The van der Waals surface area contributed by atoms with Crippen molar-refractivity contribution in [1.29, 1.82) is 0 Å². The molecule has 32 heavy (non-hydrogen) atoms. The molecule has 0 aliphatic heterocycles. The van der Waals surface area contributed by atoms with Crippen molar-refractivity contribution in [2.75, 3.05) is 18.9 Å². The maximum atomic E-state index is 12.6. The molecule has 2 rings (SSSR count). The van der Waals surface area contributed by atoms with E-state index < -0.39 is 17.9 Å². The number of hydrogen-bond donors (Lipinski definition) is 5. The van der Waals surface area contributed by atoms with E-state index in [-0.39, 0.29) is 24.6 Å². The van der Waals surface area contributed by atoms with Crippen molar-refractivity contribution in [3.05, 3.63) is 57.6 Å². The van der Waals surface area contributed by atoms with Crippen molar-refractivity contribution >= 4 is 46.7 Å². The average molecular weight is 481 g/mol. The van der Waals surface area contributed by atoms with Gasteiger partial charge in [-0.25, -0.2) is 0 Å². The van der Waals surface area contributed by atoms with Crippen LogP contribution in [0.1, 0.15) is 28.8 Å². The number of aliphatic imine (C=N–C) groups is 1. The summed E-state index contributed by atoms with van der Waals surface area (Å²) < 4.78 is 5.74. The molecular weight excluding hydrogens is 455 g/mol. The minimum atomic E-state index is -0.870. The van der Waals surface area contributed by atoms with Crippen molar-refractivity contribution in [1.82, 2.24) is 5.32 Å². The predicted octanol–water partition coefficient (Wildman–Crippen LogP) is 1.83. The van der Waals surface area contributed by atoms with Gasteiger partial charge in [0.2, 0.25) is 5.91 Å². The van der Waals surface area contributed by atoms with Crippen LogP contribution in [0.3, 0.4) is 0 Å². The van der Waals surface area contributed by atoms with Crippen LogP contribution in [-0.4, -0.2) is 37.0 Å². The van der Waals surface area contributed by atoms with Gasteiger partial charge in [-0.2, -0.15) is 0 Å². The zero-order valence-electron chi connectivity index (χ0n) is 17.3. The number of anilines is 1. The van der Waals surface area contributed by atoms with Crippen LogP contribution in [0.2, 0.25) is 10.0 Å². The molecule has 1 unspecified atom stereocenters. The van der Waals surface area contributed by atoms with E-state index in [9.17, 15) is 9.59 Å². The van der Waals surface area contributed by atoms with Crippen LogP contribution < -0.4 is 33.0 Å². The molecule has 0 saturated carbocycles. The Kier molecular flexibility index (Phi) is 9.42. The molecule has 0 aromatic heterocycles. The van der Waals surface area contributed by atoms with Crippen LogP contribution in [0.4, 0.5) is 5.69 Å². The molecule has 0 radical (unpaired) electrons. The monoisotopic (exact) mass is 480 g/mol. The van der Waals surface area contributed by atoms with Gasteiger partial charge in [-0.15, -0.1) is 0 Å². The van der Waals surface area contributed by atoms with E-state index >= 15 is 0 Å². The summed E-state index contributed by atoms with van der Waals surface area (Å²) in [5, 5.41) is 3.70. The number of nitrogen functional groups attached to an aromatic ring is 1. The standard InChI is InChI=1S/C21H26Cl2N6O3/c22-14-5-3-12(15(23)11-14)7-9-32-18-10-13(4-6-16(18)24)20(31)29-17(19(25)30)2-1-8-28-21(26)27/h3-6,10-11,17H,1-2,7-9,24H2,(H2,25,30)(H,29,31)(H4,26,27,28). The molecule has 0 fully saturated rings. The topological polar surface area (TPSA) is 172 Å². The van der Waals surface area contributed by atoms with E-state index in [0.717, 1.165) is 5.56 Å². The zero-order chi connectivity index (χ0) is 23.7. The van der Waals surface area contributed by atoms with Gasteiger partial charge in [0, 0.05) is 28.6 Å². The van der Waals surface area contributed by atoms with Crippen molar-refractivity contribution in [3.8, 4) is 5.75 Å². The summed E-state index contributed by atoms with van der Waals surface area (Å²) in [6.45, 7) is 0.602. The van der Waals surface area contributed by atoms with Crippen molar-refractivity contribution < 1.29 is 14.3 Å². The Labute approximate surface area is 196 Å². The van der Waals surface area contributed by atoms with Gasteiger partial charge in [0.1, 0.15) is 11.8 Å². The lowest BCUT2D eigenvalue weighted by atomic mass is 10.1. The van der Waals surface area contributed by atoms with Gasteiger partial charge in [0.25, 0.3) is 5.91 Å². The van der Waals surface area contributed by atoms with E-state index in [0.29, 0.717) is 40.9 Å². The highest BCUT2D eigenvalue weighted by Gasteiger charge is 2.19. The maximum Gasteiger partial charge on any atom is 0.252 e. The van der Waals surface area contributed by atoms with E-state index in [1.54, 1.807) is 18.2 Å². The van der Waals surface area contributed by atoms with E-state index in [4.69, 9.17) is 50.9 Å². The van der Waals surface area contributed by atoms with E-state index in [1.165, 1.54) is 12.1 Å². The number of primary amides is 1. The number of carbonyl (C=O) groups excluding carboxylic acids is 2. The molecule has 172 valence electrons. The van der Waals surface area contributed by atoms with Gasteiger partial charge in [-0.05, 0) is 48.7 Å². The summed E-state index contributed by atoms with van der Waals surface area (Å²) in [6, 6.07) is 8.94. The van der Waals surface area contributed by atoms with E-state index in [1.807, 2.05) is 6.07 Å². The Morgan fingerprint density at radius 3 is 2.50 bits per heavy atom. The number of ether oxygens (including phenoxy) is 1. The molecule has 0 bridgehead atoms. The summed E-state index contributed by atoms with van der Waals surface area (Å²) in [4.78, 5) is 28.2. The number of nitrogens with one attached hydrogen (secondary N) is 1. The fourth-order valence-corrected chi connectivity index (χ4v) is 3.33. The summed E-state index contributed by atoms with van der Waals surface area (Å²) in [7, 11) is 0. The molecule has 11 heteroatoms. The average Bonchev–Trinajstić information content (AvgIpc) is 2.72. The highest BCUT2D eigenvalue weighted by Crippen LogP contribution is 2.25. The summed E-state index contributed by atoms with van der Waals surface area (Å²) in [6.07, 6.45) is 1.28. The lowest BCUT2D eigenvalue weighted by Crippen LogP contribution is -2.44. The number of halogens is 2. The smallest absolute Gasteiger partial charge is 0.252 e. The normalized spacial score (nSPS) is 11.4. The highest BCUT2D eigenvalue weighted by atomic mass is 35.5. The second-order valence-corrected chi connectivity index (χ2v) is 7.81. The SMILES string of the molecule is NC(=O)C(CCCN=C(N)N)NC(=O)c1ccc(N)c(OCCc2ccc(Cl)cc2Cl)c1. The van der Waals surface area contributed by atoms with Gasteiger partial charge in [0.05, 0.1) is 12.3 Å². The van der Waals surface area contributed by atoms with Gasteiger partial charge in [-0.1, -0.05) is 29.3 Å². The molecule has 0 aliphatic rings. The molecule has 0 heterocycles. The molecule has 1 atom stereocenters. The van der Waals surface area contributed by atoms with Crippen molar-refractivity contribution in [2.45, 2.75) is 25.3 Å². The van der Waals surface area contributed by atoms with Crippen LogP contribution >= 0.6 is 23.2 Å². The molecular formula is C21H26Cl2N6O3. The summed E-state index contributed by atoms with van der Waals surface area (Å²) in [5.74, 6) is -0.848. The Morgan fingerprint density at radius 2 is 1.84 bits per heavy atom. The van der Waals surface area contributed by atoms with Crippen LogP contribution in [0.15, 0.2) is 41.4 Å². The lowest BCUT2D eigenvalue weighted by molar-refractivity contribution is -0.120. The molecule has 9 N–H and O–H groups in total. The van der Waals surface area contributed by atoms with Gasteiger partial charge in [0.15, 0.2) is 5.96 Å². The number of guanidine groups is 1. The molecule has 2 aromatic carbocycles. The summed E-state index contributed by atoms with van der Waals surface area (Å²) >= 11 is 12.1. The minimum absolute atomic E-state index is 0.0441. The molecule has 0 aliphatic carbocycles. The van der Waals surface area contributed by atoms with Gasteiger partial charge in [-0.3, -0.25) is 14.6 Å². The number of amides is 2. The summed E-state index contributed by atoms with van der Waals surface area (Å²) in [5.41, 5.74) is 23.4. The number of benzene rings is 2. The second-order valence-electron chi connectivity index (χ2n) is 6.96. The Morgan fingerprint density at radius 1 is 1.09 bits per heavy atom. The molecule has 2 aromatic rings. The molecule has 2 amide bonds. The first-order valence-electron chi connectivity index (χ1n) is 9.79. The first-order valence-corrected chi connectivity index (χ1v) is 10.5. The number of hydrogen-bond acceptors (Lipinski definition) is 5. The van der Waals surface area contributed by atoms with Crippen molar-refractivity contribution in [3.63, 3.8) is 0 Å². The molecule has 9 nitrogen and oxygen atoms in total. The fraction of sp³-hybridized carbons (Fsp3) is 0.286. The first kappa shape index (κ1) is 25.1. The van der Waals surface area contributed by atoms with Crippen molar-refractivity contribution in [2.24, 2.45) is 22.2 Å². The lowest BCUT2D eigenvalue weighted by Gasteiger charge is -2.16. The zero-order valence-corrected chi connectivity index (χ0v) is 18.8. The third kappa shape index (κ3) is 7.82. The highest BCUT2D eigenvalue weighted by molar-refractivity contribution is 6.35. The third-order valence-electron chi connectivity index (χ3n) is 4.51. The number of rotatable bonds is 11. The minimum Gasteiger partial charge on any atom is -0.491 e. The molecule has 0 spiro atoms. The Balaban J connectivity index is 1.99. The fourth-order valence-electron chi connectivity index (χ4n) is 2.83. The Bertz CT molecular complexity index is 995. The van der Waals surface area contributed by atoms with Crippen LogP contribution in [0.25, 0.3) is 0 Å². The van der Waals surface area contributed by atoms with Gasteiger partial charge >= 0.3 is 0 Å². The molecule has 0 saturated heterocycles. The number of nitrogens with zero attached hydrogens (tertiary/aromatic N) is 1. The third-order valence-corrected chi connectivity index (χ3v) is 5.10. The number of carbonyl (C=O) groups is 2. The predicted molar refractivity (Wildman–Crippen MR) is 127 cm³/mol. The Hall–Kier alpha value is -3.17. The quantitative estimate of drug-likeness (QED) is 0.142. The first-order chi connectivity index (χ1) is 15.2. The van der Waals surface area contributed by atoms with Gasteiger partial charge < -0.3 is 33.0 Å². The largest absolute Gasteiger partial charge is 0.491 e. The van der Waals surface area contributed by atoms with E-state index in [2.05, 4.69) is 10.3 Å². The van der Waals surface area contributed by atoms with Crippen LogP contribution in [-0.2, 0) is 11.2 Å². The van der Waals surface area contributed by atoms with Crippen LogP contribution in [0.5, 0.6) is 5.75 Å². The maximum absolute atomic E-state index is 12.6. The number of nitrogens with two attached hydrogens (primary N) is 4. The van der Waals surface area contributed by atoms with Crippen LogP contribution in [0, 0.1) is 0 Å².